The molecule has 1 fully saturated rings. The van der Waals surface area contributed by atoms with E-state index in [4.69, 9.17) is 5.11 Å². The number of rotatable bonds is 7. The number of benzene rings is 2. The molecule has 1 aliphatic carbocycles. The second kappa shape index (κ2) is 7.97. The van der Waals surface area contributed by atoms with Gasteiger partial charge in [-0.1, -0.05) is 48.5 Å². The molecule has 3 rings (SSSR count). The van der Waals surface area contributed by atoms with Crippen LogP contribution < -0.4 is 5.32 Å². The zero-order chi connectivity index (χ0) is 17.6. The van der Waals surface area contributed by atoms with E-state index in [0.29, 0.717) is 36.8 Å². The second-order valence-corrected chi connectivity index (χ2v) is 6.71. The second-order valence-electron chi connectivity index (χ2n) is 6.71. The van der Waals surface area contributed by atoms with Gasteiger partial charge in [-0.15, -0.1) is 0 Å². The van der Waals surface area contributed by atoms with Crippen molar-refractivity contribution < 1.29 is 14.7 Å². The minimum Gasteiger partial charge on any atom is -0.478 e. The molecule has 1 aliphatic rings. The molecule has 0 unspecified atom stereocenters. The van der Waals surface area contributed by atoms with E-state index in [2.05, 4.69) is 29.6 Å². The van der Waals surface area contributed by atoms with Crippen LogP contribution in [0.15, 0.2) is 54.6 Å². The van der Waals surface area contributed by atoms with Crippen molar-refractivity contribution in [3.63, 3.8) is 0 Å². The fraction of sp³-hybridized carbons (Fsp3) is 0.333. The Bertz CT molecular complexity index is 736. The van der Waals surface area contributed by atoms with Crippen LogP contribution in [-0.4, -0.2) is 23.5 Å². The molecular formula is C21H23NO3. The Hall–Kier alpha value is -2.62. The molecule has 0 atom stereocenters. The molecule has 2 N–H and O–H groups in total. The van der Waals surface area contributed by atoms with Crippen molar-refractivity contribution in [1.82, 2.24) is 5.32 Å². The molecule has 4 heteroatoms. The third-order valence-electron chi connectivity index (χ3n) is 4.96. The highest BCUT2D eigenvalue weighted by Gasteiger charge is 2.30. The van der Waals surface area contributed by atoms with Crippen LogP contribution in [0.1, 0.15) is 46.7 Å². The van der Waals surface area contributed by atoms with Gasteiger partial charge in [-0.2, -0.15) is 0 Å². The van der Waals surface area contributed by atoms with Crippen LogP contribution >= 0.6 is 0 Å². The third-order valence-corrected chi connectivity index (χ3v) is 4.96. The molecule has 25 heavy (non-hydrogen) atoms. The topological polar surface area (TPSA) is 66.4 Å². The van der Waals surface area contributed by atoms with E-state index in [1.165, 1.54) is 5.56 Å². The Labute approximate surface area is 147 Å². The molecule has 0 heterocycles. The minimum atomic E-state index is -0.947. The zero-order valence-electron chi connectivity index (χ0n) is 14.2. The summed E-state index contributed by atoms with van der Waals surface area (Å²) in [7, 11) is 0. The summed E-state index contributed by atoms with van der Waals surface area (Å²) >= 11 is 0. The molecule has 0 bridgehead atoms. The maximum atomic E-state index is 12.0. The molecular weight excluding hydrogens is 314 g/mol. The van der Waals surface area contributed by atoms with Gasteiger partial charge in [-0.3, -0.25) is 4.79 Å². The highest BCUT2D eigenvalue weighted by atomic mass is 16.4. The maximum Gasteiger partial charge on any atom is 0.335 e. The van der Waals surface area contributed by atoms with Crippen LogP contribution in [0.3, 0.4) is 0 Å². The van der Waals surface area contributed by atoms with Crippen LogP contribution in [0.4, 0.5) is 0 Å². The normalized spacial score (nSPS) is 19.0. The number of carboxylic acid groups (broad SMARTS) is 1. The summed E-state index contributed by atoms with van der Waals surface area (Å²) < 4.78 is 0. The van der Waals surface area contributed by atoms with Crippen LogP contribution in [-0.2, 0) is 11.2 Å². The van der Waals surface area contributed by atoms with Crippen molar-refractivity contribution in [3.05, 3.63) is 71.3 Å². The number of hydrogen-bond donors (Lipinski definition) is 2. The molecule has 1 amide bonds. The molecule has 2 aromatic rings. The fourth-order valence-corrected chi connectivity index (χ4v) is 3.44. The van der Waals surface area contributed by atoms with Gasteiger partial charge in [-0.25, -0.2) is 4.79 Å². The molecule has 130 valence electrons. The number of hydrogen-bond acceptors (Lipinski definition) is 2. The Kier molecular flexibility index (Phi) is 5.49. The zero-order valence-corrected chi connectivity index (χ0v) is 14.2. The van der Waals surface area contributed by atoms with Crippen molar-refractivity contribution in [2.24, 2.45) is 5.92 Å². The number of amides is 1. The van der Waals surface area contributed by atoms with Gasteiger partial charge in [0, 0.05) is 13.0 Å². The smallest absolute Gasteiger partial charge is 0.335 e. The molecule has 0 radical (unpaired) electrons. The largest absolute Gasteiger partial charge is 0.478 e. The Balaban J connectivity index is 1.39. The van der Waals surface area contributed by atoms with Gasteiger partial charge in [0.15, 0.2) is 0 Å². The number of nitrogens with one attached hydrogen (secondary N) is 1. The Morgan fingerprint density at radius 2 is 1.68 bits per heavy atom. The first-order valence-electron chi connectivity index (χ1n) is 8.76. The first-order valence-corrected chi connectivity index (χ1v) is 8.76. The predicted molar refractivity (Wildman–Crippen MR) is 96.6 cm³/mol. The number of carbonyl (C=O) groups is 2. The van der Waals surface area contributed by atoms with Crippen LogP contribution in [0, 0.1) is 5.92 Å². The lowest BCUT2D eigenvalue weighted by molar-refractivity contribution is -0.121. The van der Waals surface area contributed by atoms with Gasteiger partial charge in [0.1, 0.15) is 0 Å². The average molecular weight is 337 g/mol. The first kappa shape index (κ1) is 17.2. The molecule has 1 saturated carbocycles. The van der Waals surface area contributed by atoms with E-state index < -0.39 is 5.97 Å². The van der Waals surface area contributed by atoms with E-state index in [1.807, 2.05) is 6.07 Å². The van der Waals surface area contributed by atoms with E-state index in [9.17, 15) is 9.59 Å². The molecule has 4 nitrogen and oxygen atoms in total. The van der Waals surface area contributed by atoms with Crippen LogP contribution in [0.25, 0.3) is 0 Å². The molecule has 0 saturated heterocycles. The standard InChI is InChI=1S/C21H23NO3/c23-20(11-10-17-8-4-5-9-19(17)21(24)25)22-14-15-12-18(13-15)16-6-2-1-3-7-16/h1-9,15,18H,10-14H2,(H,22,23)(H,24,25). The van der Waals surface area contributed by atoms with Gasteiger partial charge in [0.2, 0.25) is 5.91 Å². The van der Waals surface area contributed by atoms with Crippen molar-refractivity contribution >= 4 is 11.9 Å². The monoisotopic (exact) mass is 337 g/mol. The molecule has 2 aromatic carbocycles. The first-order chi connectivity index (χ1) is 12.1. The van der Waals surface area contributed by atoms with Crippen LogP contribution in [0.5, 0.6) is 0 Å². The Morgan fingerprint density at radius 3 is 2.40 bits per heavy atom. The third kappa shape index (κ3) is 4.47. The van der Waals surface area contributed by atoms with E-state index >= 15 is 0 Å². The summed E-state index contributed by atoms with van der Waals surface area (Å²) in [6.07, 6.45) is 3.00. The molecule has 0 spiro atoms. The van der Waals surface area contributed by atoms with Gasteiger partial charge in [-0.05, 0) is 48.3 Å². The van der Waals surface area contributed by atoms with Gasteiger partial charge in [0.05, 0.1) is 5.56 Å². The quantitative estimate of drug-likeness (QED) is 0.811. The number of carboxylic acids is 1. The minimum absolute atomic E-state index is 0.0108. The predicted octanol–water partition coefficient (Wildman–Crippen LogP) is 3.63. The summed E-state index contributed by atoms with van der Waals surface area (Å²) in [4.78, 5) is 23.2. The van der Waals surface area contributed by atoms with Crippen molar-refractivity contribution in [1.29, 1.82) is 0 Å². The summed E-state index contributed by atoms with van der Waals surface area (Å²) in [5.41, 5.74) is 2.37. The molecule has 0 aromatic heterocycles. The summed E-state index contributed by atoms with van der Waals surface area (Å²) in [5.74, 6) is 0.201. The van der Waals surface area contributed by atoms with E-state index in [1.54, 1.807) is 24.3 Å². The average Bonchev–Trinajstić information content (AvgIpc) is 2.59. The van der Waals surface area contributed by atoms with Crippen molar-refractivity contribution in [2.75, 3.05) is 6.54 Å². The molecule has 0 aliphatic heterocycles. The highest BCUT2D eigenvalue weighted by Crippen LogP contribution is 2.40. The number of aromatic carboxylic acids is 1. The van der Waals surface area contributed by atoms with Gasteiger partial charge < -0.3 is 10.4 Å². The lowest BCUT2D eigenvalue weighted by Gasteiger charge is -2.35. The maximum absolute atomic E-state index is 12.0. The number of carbonyl (C=O) groups excluding carboxylic acids is 1. The van der Waals surface area contributed by atoms with Crippen molar-refractivity contribution in [3.8, 4) is 0 Å². The van der Waals surface area contributed by atoms with Gasteiger partial charge >= 0.3 is 5.97 Å². The Morgan fingerprint density at radius 1 is 1.00 bits per heavy atom. The highest BCUT2D eigenvalue weighted by molar-refractivity contribution is 5.89. The van der Waals surface area contributed by atoms with Crippen LogP contribution in [0.2, 0.25) is 0 Å². The lowest BCUT2D eigenvalue weighted by Crippen LogP contribution is -2.35. The summed E-state index contributed by atoms with van der Waals surface area (Å²) in [5, 5.41) is 12.2. The van der Waals surface area contributed by atoms with Gasteiger partial charge in [0.25, 0.3) is 0 Å². The lowest BCUT2D eigenvalue weighted by atomic mass is 9.71. The van der Waals surface area contributed by atoms with Crippen molar-refractivity contribution in [2.45, 2.75) is 31.6 Å². The summed E-state index contributed by atoms with van der Waals surface area (Å²) in [6, 6.07) is 17.4. The fourth-order valence-electron chi connectivity index (χ4n) is 3.44. The van der Waals surface area contributed by atoms with E-state index in [-0.39, 0.29) is 11.5 Å². The summed E-state index contributed by atoms with van der Waals surface area (Å²) in [6.45, 7) is 0.711. The number of aryl methyl sites for hydroxylation is 1. The SMILES string of the molecule is O=C(CCc1ccccc1C(=O)O)NCC1CC(c2ccccc2)C1. The van der Waals surface area contributed by atoms with E-state index in [0.717, 1.165) is 12.8 Å².